The van der Waals surface area contributed by atoms with Crippen molar-refractivity contribution in [2.24, 2.45) is 11.7 Å². The summed E-state index contributed by atoms with van der Waals surface area (Å²) >= 11 is 0. The molecule has 0 heterocycles. The summed E-state index contributed by atoms with van der Waals surface area (Å²) in [6.07, 6.45) is 6.53. The maximum absolute atomic E-state index is 11.3. The summed E-state index contributed by atoms with van der Waals surface area (Å²) in [4.78, 5) is 0. The molecular formula is C11H23NO2S. The van der Waals surface area contributed by atoms with E-state index < -0.39 is 9.84 Å². The van der Waals surface area contributed by atoms with Crippen molar-refractivity contribution in [3.63, 3.8) is 0 Å². The van der Waals surface area contributed by atoms with Gasteiger partial charge in [0.1, 0.15) is 9.84 Å². The third-order valence-corrected chi connectivity index (χ3v) is 5.12. The molecule has 0 aliphatic heterocycles. The van der Waals surface area contributed by atoms with Gasteiger partial charge in [-0.1, -0.05) is 19.8 Å². The van der Waals surface area contributed by atoms with Crippen LogP contribution in [0.4, 0.5) is 0 Å². The van der Waals surface area contributed by atoms with E-state index in [0.29, 0.717) is 17.7 Å². The van der Waals surface area contributed by atoms with Crippen molar-refractivity contribution in [1.29, 1.82) is 0 Å². The fourth-order valence-corrected chi connectivity index (χ4v) is 3.23. The molecule has 1 rings (SSSR count). The van der Waals surface area contributed by atoms with E-state index in [0.717, 1.165) is 25.7 Å². The lowest BCUT2D eigenvalue weighted by molar-refractivity contribution is 0.305. The van der Waals surface area contributed by atoms with Crippen LogP contribution in [0.1, 0.15) is 45.4 Å². The molecule has 0 radical (unpaired) electrons. The van der Waals surface area contributed by atoms with Gasteiger partial charge in [0.2, 0.25) is 0 Å². The first-order valence-corrected chi connectivity index (χ1v) is 7.81. The molecule has 0 aromatic rings. The van der Waals surface area contributed by atoms with Crippen LogP contribution in [0.2, 0.25) is 0 Å². The topological polar surface area (TPSA) is 60.2 Å². The minimum atomic E-state index is -2.77. The molecule has 1 aliphatic rings. The second-order valence-corrected chi connectivity index (χ2v) is 7.14. The third-order valence-electron chi connectivity index (χ3n) is 3.33. The zero-order valence-electron chi connectivity index (χ0n) is 9.61. The summed E-state index contributed by atoms with van der Waals surface area (Å²) in [6.45, 7) is 1.71. The van der Waals surface area contributed by atoms with E-state index in [1.807, 2.05) is 0 Å². The van der Waals surface area contributed by atoms with Gasteiger partial charge in [-0.3, -0.25) is 0 Å². The lowest BCUT2D eigenvalue weighted by atomic mass is 9.84. The average Bonchev–Trinajstić information content (AvgIpc) is 2.18. The number of sulfone groups is 1. The molecule has 90 valence electrons. The predicted molar refractivity (Wildman–Crippen MR) is 63.5 cm³/mol. The Kier molecular flexibility index (Phi) is 5.06. The summed E-state index contributed by atoms with van der Waals surface area (Å²) in [5.41, 5.74) is 5.89. The van der Waals surface area contributed by atoms with Crippen LogP contribution in [0.5, 0.6) is 0 Å². The third kappa shape index (κ3) is 4.98. The van der Waals surface area contributed by atoms with Gasteiger partial charge in [-0.05, 0) is 31.6 Å². The monoisotopic (exact) mass is 233 g/mol. The maximum Gasteiger partial charge on any atom is 0.150 e. The second-order valence-electron chi connectivity index (χ2n) is 4.67. The Labute approximate surface area is 93.3 Å². The van der Waals surface area contributed by atoms with E-state index in [1.165, 1.54) is 12.8 Å². The van der Waals surface area contributed by atoms with Crippen molar-refractivity contribution in [2.75, 3.05) is 11.5 Å². The van der Waals surface area contributed by atoms with Crippen LogP contribution in [0.15, 0.2) is 0 Å². The van der Waals surface area contributed by atoms with E-state index in [4.69, 9.17) is 5.73 Å². The average molecular weight is 233 g/mol. The fourth-order valence-electron chi connectivity index (χ4n) is 2.33. The molecule has 2 atom stereocenters. The Morgan fingerprint density at radius 2 is 2.07 bits per heavy atom. The first-order valence-electron chi connectivity index (χ1n) is 5.99. The molecule has 1 fully saturated rings. The van der Waals surface area contributed by atoms with Crippen molar-refractivity contribution in [2.45, 2.75) is 51.5 Å². The smallest absolute Gasteiger partial charge is 0.150 e. The van der Waals surface area contributed by atoms with Crippen molar-refractivity contribution in [3.05, 3.63) is 0 Å². The predicted octanol–water partition coefficient (Wildman–Crippen LogP) is 1.72. The van der Waals surface area contributed by atoms with E-state index in [-0.39, 0.29) is 5.75 Å². The van der Waals surface area contributed by atoms with Crippen LogP contribution in [0, 0.1) is 5.92 Å². The summed E-state index contributed by atoms with van der Waals surface area (Å²) in [5, 5.41) is 0. The fraction of sp³-hybridized carbons (Fsp3) is 1.00. The van der Waals surface area contributed by atoms with Gasteiger partial charge in [-0.2, -0.15) is 0 Å². The standard InChI is InChI=1S/C11H23NO2S/c1-2-15(13,14)8-4-6-10-5-3-7-11(12)9-10/h10-11H,2-9,12H2,1H3. The zero-order valence-corrected chi connectivity index (χ0v) is 10.4. The minimum Gasteiger partial charge on any atom is -0.328 e. The highest BCUT2D eigenvalue weighted by Crippen LogP contribution is 2.26. The molecule has 0 amide bonds. The SMILES string of the molecule is CCS(=O)(=O)CCCC1CCCC(N)C1. The van der Waals surface area contributed by atoms with Crippen LogP contribution < -0.4 is 5.73 Å². The van der Waals surface area contributed by atoms with Gasteiger partial charge in [0.25, 0.3) is 0 Å². The lowest BCUT2D eigenvalue weighted by Gasteiger charge is -2.26. The first-order chi connectivity index (χ1) is 7.03. The highest BCUT2D eigenvalue weighted by Gasteiger charge is 2.19. The molecule has 0 spiro atoms. The Morgan fingerprint density at radius 1 is 1.33 bits per heavy atom. The summed E-state index contributed by atoms with van der Waals surface area (Å²) in [7, 11) is -2.77. The van der Waals surface area contributed by atoms with Crippen LogP contribution >= 0.6 is 0 Å². The molecule has 0 saturated heterocycles. The second kappa shape index (κ2) is 5.85. The Bertz CT molecular complexity index is 274. The van der Waals surface area contributed by atoms with Gasteiger partial charge in [-0.25, -0.2) is 8.42 Å². The van der Waals surface area contributed by atoms with E-state index in [1.54, 1.807) is 6.92 Å². The summed E-state index contributed by atoms with van der Waals surface area (Å²) < 4.78 is 22.6. The molecule has 1 aliphatic carbocycles. The van der Waals surface area contributed by atoms with Crippen molar-refractivity contribution < 1.29 is 8.42 Å². The maximum atomic E-state index is 11.3. The highest BCUT2D eigenvalue weighted by molar-refractivity contribution is 7.91. The number of hydrogen-bond acceptors (Lipinski definition) is 3. The van der Waals surface area contributed by atoms with E-state index in [9.17, 15) is 8.42 Å². The molecule has 15 heavy (non-hydrogen) atoms. The zero-order chi connectivity index (χ0) is 11.3. The summed E-state index contributed by atoms with van der Waals surface area (Å²) in [6, 6.07) is 0.353. The van der Waals surface area contributed by atoms with Gasteiger partial charge in [0, 0.05) is 11.8 Å². The quantitative estimate of drug-likeness (QED) is 0.786. The Morgan fingerprint density at radius 3 is 2.67 bits per heavy atom. The van der Waals surface area contributed by atoms with Crippen molar-refractivity contribution >= 4 is 9.84 Å². The molecular weight excluding hydrogens is 210 g/mol. The number of rotatable bonds is 5. The van der Waals surface area contributed by atoms with Gasteiger partial charge < -0.3 is 5.73 Å². The largest absolute Gasteiger partial charge is 0.328 e. The van der Waals surface area contributed by atoms with Gasteiger partial charge in [0.15, 0.2) is 0 Å². The van der Waals surface area contributed by atoms with E-state index in [2.05, 4.69) is 0 Å². The van der Waals surface area contributed by atoms with Gasteiger partial charge >= 0.3 is 0 Å². The van der Waals surface area contributed by atoms with Crippen LogP contribution in [0.25, 0.3) is 0 Å². The normalized spacial score (nSPS) is 27.9. The Balaban J connectivity index is 2.20. The minimum absolute atomic E-state index is 0.275. The summed E-state index contributed by atoms with van der Waals surface area (Å²) in [5.74, 6) is 1.30. The lowest BCUT2D eigenvalue weighted by Crippen LogP contribution is -2.28. The molecule has 1 saturated carbocycles. The Hall–Kier alpha value is -0.0900. The molecule has 0 bridgehead atoms. The number of nitrogens with two attached hydrogens (primary N) is 1. The molecule has 2 N–H and O–H groups in total. The van der Waals surface area contributed by atoms with Gasteiger partial charge in [-0.15, -0.1) is 0 Å². The van der Waals surface area contributed by atoms with Crippen LogP contribution in [-0.4, -0.2) is 26.0 Å². The highest BCUT2D eigenvalue weighted by atomic mass is 32.2. The van der Waals surface area contributed by atoms with Gasteiger partial charge in [0.05, 0.1) is 5.75 Å². The molecule has 4 heteroatoms. The van der Waals surface area contributed by atoms with Crippen LogP contribution in [0.3, 0.4) is 0 Å². The molecule has 0 aromatic heterocycles. The van der Waals surface area contributed by atoms with Crippen molar-refractivity contribution in [1.82, 2.24) is 0 Å². The van der Waals surface area contributed by atoms with Crippen molar-refractivity contribution in [3.8, 4) is 0 Å². The number of hydrogen-bond donors (Lipinski definition) is 1. The molecule has 3 nitrogen and oxygen atoms in total. The van der Waals surface area contributed by atoms with E-state index >= 15 is 0 Å². The molecule has 0 aromatic carbocycles. The first kappa shape index (κ1) is 13.0. The molecule has 2 unspecified atom stereocenters. The van der Waals surface area contributed by atoms with Crippen LogP contribution in [-0.2, 0) is 9.84 Å².